The van der Waals surface area contributed by atoms with Gasteiger partial charge in [0.25, 0.3) is 0 Å². The van der Waals surface area contributed by atoms with Crippen LogP contribution in [0.4, 0.5) is 0 Å². The summed E-state index contributed by atoms with van der Waals surface area (Å²) >= 11 is 0. The number of nitrogens with one attached hydrogen (secondary N) is 1. The van der Waals surface area contributed by atoms with E-state index in [0.717, 1.165) is 24.2 Å². The quantitative estimate of drug-likeness (QED) is 0.887. The lowest BCUT2D eigenvalue weighted by Crippen LogP contribution is -2.56. The predicted molar refractivity (Wildman–Crippen MR) is 93.0 cm³/mol. The molecule has 1 aromatic heterocycles. The summed E-state index contributed by atoms with van der Waals surface area (Å²) in [5, 5.41) is 4.20. The molecule has 5 nitrogen and oxygen atoms in total. The van der Waals surface area contributed by atoms with Gasteiger partial charge in [0.1, 0.15) is 4.90 Å². The van der Waals surface area contributed by atoms with Gasteiger partial charge in [-0.2, -0.15) is 5.10 Å². The molecule has 0 aromatic carbocycles. The number of nitrogens with zero attached hydrogens (tertiary/aromatic N) is 2. The van der Waals surface area contributed by atoms with Crippen molar-refractivity contribution in [3.05, 3.63) is 11.9 Å². The van der Waals surface area contributed by atoms with Gasteiger partial charge in [0, 0.05) is 19.3 Å². The first-order valence-electron chi connectivity index (χ1n) is 9.34. The molecule has 1 N–H and O–H groups in total. The van der Waals surface area contributed by atoms with Crippen molar-refractivity contribution in [3.8, 4) is 0 Å². The van der Waals surface area contributed by atoms with Crippen LogP contribution in [0, 0.1) is 30.1 Å². The largest absolute Gasteiger partial charge is 0.274 e. The van der Waals surface area contributed by atoms with E-state index in [0.29, 0.717) is 10.6 Å². The average molecular weight is 352 g/mol. The van der Waals surface area contributed by atoms with E-state index in [4.69, 9.17) is 0 Å². The fourth-order valence-corrected chi connectivity index (χ4v) is 7.98. The zero-order valence-corrected chi connectivity index (χ0v) is 15.8. The molecule has 4 fully saturated rings. The first-order valence-corrected chi connectivity index (χ1v) is 10.8. The molecule has 1 aromatic rings. The Hall–Kier alpha value is -0.880. The normalized spacial score (nSPS) is 36.2. The van der Waals surface area contributed by atoms with Crippen molar-refractivity contribution in [2.24, 2.45) is 30.2 Å². The van der Waals surface area contributed by atoms with E-state index in [1.54, 1.807) is 24.9 Å². The summed E-state index contributed by atoms with van der Waals surface area (Å²) in [5.41, 5.74) is 0.762. The van der Waals surface area contributed by atoms with Crippen molar-refractivity contribution in [1.29, 1.82) is 0 Å². The van der Waals surface area contributed by atoms with Crippen LogP contribution in [0.5, 0.6) is 0 Å². The summed E-state index contributed by atoms with van der Waals surface area (Å²) in [5.74, 6) is 2.49. The molecule has 24 heavy (non-hydrogen) atoms. The van der Waals surface area contributed by atoms with Crippen LogP contribution in [0.2, 0.25) is 0 Å². The molecular formula is C18H29N3O2S. The molecule has 0 spiro atoms. The summed E-state index contributed by atoms with van der Waals surface area (Å²) in [4.78, 5) is 0.327. The van der Waals surface area contributed by atoms with E-state index < -0.39 is 10.0 Å². The Bertz CT molecular complexity index is 702. The fraction of sp³-hybridized carbons (Fsp3) is 0.833. The molecule has 4 aliphatic rings. The highest BCUT2D eigenvalue weighted by molar-refractivity contribution is 7.89. The van der Waals surface area contributed by atoms with Crippen molar-refractivity contribution in [1.82, 2.24) is 14.5 Å². The van der Waals surface area contributed by atoms with Gasteiger partial charge in [0.2, 0.25) is 10.0 Å². The first-order chi connectivity index (χ1) is 11.3. The van der Waals surface area contributed by atoms with Gasteiger partial charge in [0.05, 0.1) is 5.69 Å². The summed E-state index contributed by atoms with van der Waals surface area (Å²) < 4.78 is 30.6. The monoisotopic (exact) mass is 351 g/mol. The van der Waals surface area contributed by atoms with Gasteiger partial charge in [-0.15, -0.1) is 0 Å². The van der Waals surface area contributed by atoms with Gasteiger partial charge in [-0.1, -0.05) is 6.92 Å². The van der Waals surface area contributed by atoms with E-state index >= 15 is 0 Å². The van der Waals surface area contributed by atoms with E-state index in [-0.39, 0.29) is 11.5 Å². The number of hydrogen-bond acceptors (Lipinski definition) is 3. The summed E-state index contributed by atoms with van der Waals surface area (Å²) in [7, 11) is -1.74. The minimum atomic E-state index is -3.51. The van der Waals surface area contributed by atoms with Crippen molar-refractivity contribution in [3.63, 3.8) is 0 Å². The third kappa shape index (κ3) is 2.62. The molecule has 0 amide bonds. The Labute approximate surface area is 145 Å². The fourth-order valence-electron chi connectivity index (χ4n) is 6.34. The van der Waals surface area contributed by atoms with Gasteiger partial charge in [0.15, 0.2) is 0 Å². The molecule has 6 heteroatoms. The van der Waals surface area contributed by atoms with Crippen molar-refractivity contribution < 1.29 is 8.42 Å². The highest BCUT2D eigenvalue weighted by Crippen LogP contribution is 2.61. The molecule has 4 aliphatic carbocycles. The lowest BCUT2D eigenvalue weighted by molar-refractivity contribution is -0.0704. The van der Waals surface area contributed by atoms with Gasteiger partial charge >= 0.3 is 0 Å². The Morgan fingerprint density at radius 2 is 1.79 bits per heavy atom. The van der Waals surface area contributed by atoms with Gasteiger partial charge in [-0.3, -0.25) is 4.68 Å². The molecule has 0 radical (unpaired) electrons. The maximum absolute atomic E-state index is 13.0. The van der Waals surface area contributed by atoms with Crippen LogP contribution >= 0.6 is 0 Å². The number of aromatic nitrogens is 2. The van der Waals surface area contributed by atoms with Crippen LogP contribution in [-0.2, 0) is 17.1 Å². The maximum atomic E-state index is 13.0. The number of sulfonamides is 1. The molecule has 1 atom stereocenters. The van der Waals surface area contributed by atoms with Crippen LogP contribution in [0.3, 0.4) is 0 Å². The van der Waals surface area contributed by atoms with Crippen LogP contribution in [0.15, 0.2) is 11.1 Å². The second kappa shape index (κ2) is 5.56. The predicted octanol–water partition coefficient (Wildman–Crippen LogP) is 3.00. The Balaban J connectivity index is 1.61. The van der Waals surface area contributed by atoms with Crippen LogP contribution in [0.1, 0.15) is 57.6 Å². The maximum Gasteiger partial charge on any atom is 0.244 e. The number of aryl methyl sites for hydroxylation is 2. The Kier molecular flexibility index (Phi) is 3.84. The Morgan fingerprint density at radius 3 is 2.21 bits per heavy atom. The summed E-state index contributed by atoms with van der Waals surface area (Å²) in [6, 6.07) is 0.0514. The lowest BCUT2D eigenvalue weighted by atomic mass is 9.47. The lowest BCUT2D eigenvalue weighted by Gasteiger charge is -2.59. The minimum absolute atomic E-state index is 0.0514. The summed E-state index contributed by atoms with van der Waals surface area (Å²) in [6.45, 7) is 3.89. The van der Waals surface area contributed by atoms with Crippen LogP contribution in [-0.4, -0.2) is 24.2 Å². The second-order valence-corrected chi connectivity index (χ2v) is 10.3. The van der Waals surface area contributed by atoms with Gasteiger partial charge in [-0.05, 0) is 75.0 Å². The third-order valence-electron chi connectivity index (χ3n) is 6.79. The van der Waals surface area contributed by atoms with Crippen LogP contribution in [0.25, 0.3) is 0 Å². The average Bonchev–Trinajstić information content (AvgIpc) is 2.83. The van der Waals surface area contributed by atoms with E-state index in [2.05, 4.69) is 16.7 Å². The molecule has 134 valence electrons. The van der Waals surface area contributed by atoms with E-state index in [9.17, 15) is 8.42 Å². The minimum Gasteiger partial charge on any atom is -0.274 e. The topological polar surface area (TPSA) is 64.0 Å². The van der Waals surface area contributed by atoms with Crippen LogP contribution < -0.4 is 4.72 Å². The first kappa shape index (κ1) is 16.6. The highest BCUT2D eigenvalue weighted by Gasteiger charge is 2.54. The van der Waals surface area contributed by atoms with Gasteiger partial charge < -0.3 is 0 Å². The highest BCUT2D eigenvalue weighted by atomic mass is 32.2. The number of rotatable bonds is 5. The molecule has 0 aliphatic heterocycles. The standard InChI is InChI=1S/C18H29N3O2S/c1-4-17(20-24(22,23)16-11-21(3)19-12(16)2)18-8-13-5-14(9-18)7-15(6-13)10-18/h11,13-15,17,20H,4-10H2,1-3H3/t13?,14?,15?,17-,18?/m0/s1. The van der Waals surface area contributed by atoms with E-state index in [1.165, 1.54) is 38.5 Å². The Morgan fingerprint density at radius 1 is 1.25 bits per heavy atom. The zero-order valence-electron chi connectivity index (χ0n) is 15.0. The molecule has 0 unspecified atom stereocenters. The SMILES string of the molecule is CC[C@H](NS(=O)(=O)c1cn(C)nc1C)C12CC3CC(CC(C3)C1)C2. The molecule has 4 bridgehead atoms. The molecule has 5 rings (SSSR count). The van der Waals surface area contributed by atoms with Crippen molar-refractivity contribution in [2.45, 2.75) is 69.7 Å². The van der Waals surface area contributed by atoms with Crippen molar-refractivity contribution in [2.75, 3.05) is 0 Å². The number of hydrogen-bond donors (Lipinski definition) is 1. The smallest absolute Gasteiger partial charge is 0.244 e. The summed E-state index contributed by atoms with van der Waals surface area (Å²) in [6.07, 6.45) is 10.3. The molecule has 0 saturated heterocycles. The van der Waals surface area contributed by atoms with E-state index in [1.807, 2.05) is 0 Å². The third-order valence-corrected chi connectivity index (χ3v) is 8.36. The molecular weight excluding hydrogens is 322 g/mol. The molecule has 1 heterocycles. The van der Waals surface area contributed by atoms with Gasteiger partial charge in [-0.25, -0.2) is 13.1 Å². The zero-order chi connectivity index (χ0) is 17.1. The second-order valence-electron chi connectivity index (χ2n) is 8.61. The molecule has 4 saturated carbocycles. The van der Waals surface area contributed by atoms with Crippen molar-refractivity contribution >= 4 is 10.0 Å².